The molecule has 2 aliphatic rings. The highest BCUT2D eigenvalue weighted by atomic mass is 79.9. The van der Waals surface area contributed by atoms with Crippen LogP contribution in [0.1, 0.15) is 76.2 Å². The summed E-state index contributed by atoms with van der Waals surface area (Å²) in [5, 5.41) is 2.97. The topological polar surface area (TPSA) is 86.8 Å². The zero-order valence-corrected chi connectivity index (χ0v) is 27.5. The van der Waals surface area contributed by atoms with E-state index in [1.54, 1.807) is 30.3 Å². The van der Waals surface area contributed by atoms with Crippen molar-refractivity contribution in [2.75, 3.05) is 19.3 Å². The molecule has 2 fully saturated rings. The third-order valence-corrected chi connectivity index (χ3v) is 11.1. The van der Waals surface area contributed by atoms with Crippen LogP contribution in [0.5, 0.6) is 0 Å². The number of hydrogen-bond acceptors (Lipinski definition) is 5. The van der Waals surface area contributed by atoms with Crippen molar-refractivity contribution in [2.45, 2.75) is 94.8 Å². The molecule has 4 rings (SSSR count). The van der Waals surface area contributed by atoms with Crippen molar-refractivity contribution in [1.29, 1.82) is 0 Å². The Morgan fingerprint density at radius 3 is 2.41 bits per heavy atom. The van der Waals surface area contributed by atoms with Gasteiger partial charge in [-0.3, -0.25) is 9.59 Å². The van der Waals surface area contributed by atoms with Gasteiger partial charge in [0.2, 0.25) is 5.91 Å². The number of halogens is 1. The van der Waals surface area contributed by atoms with Crippen molar-refractivity contribution < 1.29 is 18.0 Å². The second-order valence-electron chi connectivity index (χ2n) is 13.0. The lowest BCUT2D eigenvalue weighted by Gasteiger charge is -2.44. The highest BCUT2D eigenvalue weighted by molar-refractivity contribution is 9.10. The Balaban J connectivity index is 1.53. The minimum atomic E-state index is -3.53. The summed E-state index contributed by atoms with van der Waals surface area (Å²) >= 11 is 3.52. The molecule has 1 N–H and O–H groups in total. The number of benzene rings is 2. The van der Waals surface area contributed by atoms with Gasteiger partial charge in [0.15, 0.2) is 9.84 Å². The molecule has 1 aliphatic carbocycles. The van der Waals surface area contributed by atoms with Crippen molar-refractivity contribution in [3.8, 4) is 0 Å². The maximum absolute atomic E-state index is 13.7. The summed E-state index contributed by atoms with van der Waals surface area (Å²) in [5.41, 5.74) is 1.41. The van der Waals surface area contributed by atoms with E-state index in [-0.39, 0.29) is 41.0 Å². The van der Waals surface area contributed by atoms with Gasteiger partial charge in [0.05, 0.1) is 10.6 Å². The summed E-state index contributed by atoms with van der Waals surface area (Å²) in [7, 11) is -1.43. The number of likely N-dealkylation sites (tertiary alicyclic amines) is 1. The lowest BCUT2D eigenvalue weighted by Crippen LogP contribution is -2.53. The molecule has 1 saturated heterocycles. The van der Waals surface area contributed by atoms with E-state index in [1.807, 2.05) is 23.1 Å². The molecule has 1 heterocycles. The molecule has 1 saturated carbocycles. The summed E-state index contributed by atoms with van der Waals surface area (Å²) in [6.07, 6.45) is 2.86. The van der Waals surface area contributed by atoms with Crippen molar-refractivity contribution in [3.63, 3.8) is 0 Å². The van der Waals surface area contributed by atoms with Crippen LogP contribution in [0.2, 0.25) is 0 Å². The van der Waals surface area contributed by atoms with E-state index in [1.165, 1.54) is 0 Å². The maximum Gasteiger partial charge on any atom is 0.251 e. The molecule has 0 spiro atoms. The van der Waals surface area contributed by atoms with Gasteiger partial charge in [-0.15, -0.1) is 0 Å². The van der Waals surface area contributed by atoms with Gasteiger partial charge < -0.3 is 15.1 Å². The van der Waals surface area contributed by atoms with Gasteiger partial charge in [-0.05, 0) is 93.8 Å². The first-order chi connectivity index (χ1) is 19.2. The Hall–Kier alpha value is -2.23. The number of hydrogen-bond donors (Lipinski definition) is 1. The van der Waals surface area contributed by atoms with Crippen LogP contribution in [0.3, 0.4) is 0 Å². The molecule has 0 aromatic heterocycles. The number of carbonyl (C=O) groups excluding carboxylic acids is 2. The average molecular weight is 647 g/mol. The van der Waals surface area contributed by atoms with Gasteiger partial charge in [-0.2, -0.15) is 0 Å². The van der Waals surface area contributed by atoms with Crippen LogP contribution >= 0.6 is 15.9 Å². The minimum absolute atomic E-state index is 0.00145. The van der Waals surface area contributed by atoms with Crippen LogP contribution < -0.4 is 5.32 Å². The molecule has 0 bridgehead atoms. The third-order valence-electron chi connectivity index (χ3n) is 8.81. The fraction of sp³-hybridized carbons (Fsp3) is 0.562. The summed E-state index contributed by atoms with van der Waals surface area (Å²) in [6, 6.07) is 14.0. The van der Waals surface area contributed by atoms with E-state index in [2.05, 4.69) is 67.8 Å². The molecule has 2 aromatic carbocycles. The molecule has 4 atom stereocenters. The molecule has 7 nitrogen and oxygen atoms in total. The van der Waals surface area contributed by atoms with Crippen LogP contribution in [-0.4, -0.2) is 73.5 Å². The largest absolute Gasteiger partial charge is 0.340 e. The van der Waals surface area contributed by atoms with Crippen molar-refractivity contribution in [2.24, 2.45) is 5.92 Å². The van der Waals surface area contributed by atoms with E-state index in [9.17, 15) is 18.0 Å². The molecular weight excluding hydrogens is 602 g/mol. The normalized spacial score (nSPS) is 23.8. The summed E-state index contributed by atoms with van der Waals surface area (Å²) in [5.74, 6) is -0.592. The Bertz CT molecular complexity index is 1360. The van der Waals surface area contributed by atoms with Gasteiger partial charge >= 0.3 is 0 Å². The summed E-state index contributed by atoms with van der Waals surface area (Å²) in [4.78, 5) is 31.5. The molecule has 0 unspecified atom stereocenters. The zero-order valence-electron chi connectivity index (χ0n) is 25.1. The van der Waals surface area contributed by atoms with E-state index < -0.39 is 15.9 Å². The first kappa shape index (κ1) is 31.7. The zero-order chi connectivity index (χ0) is 30.1. The number of sulfone groups is 1. The standard InChI is InChI=1S/C32H44BrN3O4S/c1-21(2)35(6)26-12-13-29(23(18-26)20-41(39,40)27-10-8-7-9-11-27)36-15-14-28(31(36)38)34-30(37)22-16-24(32(3,4)5)19-25(33)17-22/h7-11,16-17,19,21,23,26,28-29H,12-15,18,20H2,1-6H3,(H,34,37)/t23-,26-,28+,29+/m1/s1. The fourth-order valence-electron chi connectivity index (χ4n) is 6.17. The van der Waals surface area contributed by atoms with E-state index in [0.29, 0.717) is 35.9 Å². The predicted molar refractivity (Wildman–Crippen MR) is 167 cm³/mol. The lowest BCUT2D eigenvalue weighted by atomic mass is 9.81. The van der Waals surface area contributed by atoms with Crippen LogP contribution in [0.25, 0.3) is 0 Å². The second kappa shape index (κ2) is 12.6. The van der Waals surface area contributed by atoms with Gasteiger partial charge in [-0.25, -0.2) is 8.42 Å². The highest BCUT2D eigenvalue weighted by Crippen LogP contribution is 2.36. The van der Waals surface area contributed by atoms with Crippen LogP contribution in [0, 0.1) is 5.92 Å². The number of amides is 2. The molecule has 9 heteroatoms. The summed E-state index contributed by atoms with van der Waals surface area (Å²) in [6.45, 7) is 11.1. The number of nitrogens with one attached hydrogen (secondary N) is 1. The fourth-order valence-corrected chi connectivity index (χ4v) is 8.35. The SMILES string of the molecule is CC(C)N(C)[C@@H]1CC[C@H](N2CC[C@H](NC(=O)c3cc(Br)cc(C(C)(C)C)c3)C2=O)[C@@H](CS(=O)(=O)c2ccccc2)C1. The molecule has 2 amide bonds. The Kier molecular flexibility index (Phi) is 9.71. The Morgan fingerprint density at radius 2 is 1.78 bits per heavy atom. The number of nitrogens with zero attached hydrogens (tertiary/aromatic N) is 2. The highest BCUT2D eigenvalue weighted by Gasteiger charge is 2.44. The van der Waals surface area contributed by atoms with E-state index in [0.717, 1.165) is 22.9 Å². The van der Waals surface area contributed by atoms with Crippen molar-refractivity contribution in [1.82, 2.24) is 15.1 Å². The lowest BCUT2D eigenvalue weighted by molar-refractivity contribution is -0.133. The molecule has 224 valence electrons. The second-order valence-corrected chi connectivity index (χ2v) is 15.9. The molecule has 1 aliphatic heterocycles. The molecule has 2 aromatic rings. The Morgan fingerprint density at radius 1 is 1.10 bits per heavy atom. The van der Waals surface area contributed by atoms with Gasteiger partial charge in [-0.1, -0.05) is 54.9 Å². The number of carbonyl (C=O) groups is 2. The summed E-state index contributed by atoms with van der Waals surface area (Å²) < 4.78 is 27.8. The van der Waals surface area contributed by atoms with Crippen LogP contribution in [0.15, 0.2) is 57.9 Å². The van der Waals surface area contributed by atoms with Gasteiger partial charge in [0.25, 0.3) is 5.91 Å². The van der Waals surface area contributed by atoms with Gasteiger partial charge in [0, 0.05) is 34.7 Å². The average Bonchev–Trinajstić information content (AvgIpc) is 3.26. The molecule has 0 radical (unpaired) electrons. The quantitative estimate of drug-likeness (QED) is 0.414. The smallest absolute Gasteiger partial charge is 0.251 e. The van der Waals surface area contributed by atoms with E-state index in [4.69, 9.17) is 0 Å². The third kappa shape index (κ3) is 7.41. The molecule has 41 heavy (non-hydrogen) atoms. The maximum atomic E-state index is 13.7. The molecular formula is C32H44BrN3O4S. The predicted octanol–water partition coefficient (Wildman–Crippen LogP) is 5.43. The van der Waals surface area contributed by atoms with E-state index >= 15 is 0 Å². The minimum Gasteiger partial charge on any atom is -0.340 e. The number of rotatable bonds is 8. The van der Waals surface area contributed by atoms with Crippen molar-refractivity contribution in [3.05, 3.63) is 64.1 Å². The van der Waals surface area contributed by atoms with Crippen molar-refractivity contribution >= 4 is 37.6 Å². The first-order valence-electron chi connectivity index (χ1n) is 14.6. The Labute approximate surface area is 254 Å². The monoisotopic (exact) mass is 645 g/mol. The van der Waals surface area contributed by atoms with Crippen LogP contribution in [-0.2, 0) is 20.0 Å². The van der Waals surface area contributed by atoms with Crippen LogP contribution in [0.4, 0.5) is 0 Å². The van der Waals surface area contributed by atoms with Gasteiger partial charge in [0.1, 0.15) is 6.04 Å². The first-order valence-corrected chi connectivity index (χ1v) is 17.0.